The van der Waals surface area contributed by atoms with Crippen LogP contribution in [0, 0.1) is 0 Å². The summed E-state index contributed by atoms with van der Waals surface area (Å²) in [6, 6.07) is 12.5. The Balaban J connectivity index is 1.97. The van der Waals surface area contributed by atoms with Gasteiger partial charge in [-0.05, 0) is 11.5 Å². The number of fused-ring (bicyclic) bond motifs is 1. The first kappa shape index (κ1) is 14.5. The summed E-state index contributed by atoms with van der Waals surface area (Å²) in [4.78, 5) is 0.308. The number of methoxy groups -OCH3 is 1. The Kier molecular flexibility index (Phi) is 3.95. The summed E-state index contributed by atoms with van der Waals surface area (Å²) in [7, 11) is -1.99. The van der Waals surface area contributed by atoms with E-state index in [2.05, 4.69) is 10.0 Å². The van der Waals surface area contributed by atoms with Crippen molar-refractivity contribution in [1.29, 1.82) is 0 Å². The Morgan fingerprint density at radius 2 is 1.90 bits per heavy atom. The second-order valence-corrected chi connectivity index (χ2v) is 6.82. The lowest BCUT2D eigenvalue weighted by molar-refractivity contribution is 0.103. The molecule has 5 nitrogen and oxygen atoms in total. The van der Waals surface area contributed by atoms with Gasteiger partial charge in [0, 0.05) is 25.6 Å². The highest BCUT2D eigenvalue weighted by Gasteiger charge is 2.31. The third-order valence-corrected chi connectivity index (χ3v) is 5.36. The van der Waals surface area contributed by atoms with Crippen LogP contribution in [0.1, 0.15) is 0 Å². The van der Waals surface area contributed by atoms with E-state index in [1.165, 1.54) is 0 Å². The molecule has 0 spiro atoms. The van der Waals surface area contributed by atoms with Crippen molar-refractivity contribution in [3.63, 3.8) is 0 Å². The maximum Gasteiger partial charge on any atom is 0.241 e. The Hall–Kier alpha value is -1.47. The van der Waals surface area contributed by atoms with Crippen LogP contribution < -0.4 is 10.0 Å². The fourth-order valence-corrected chi connectivity index (χ4v) is 4.21. The molecule has 2 N–H and O–H groups in total. The topological polar surface area (TPSA) is 67.4 Å². The van der Waals surface area contributed by atoms with Crippen molar-refractivity contribution in [2.24, 2.45) is 0 Å². The lowest BCUT2D eigenvalue weighted by Crippen LogP contribution is -2.43. The third kappa shape index (κ3) is 2.80. The summed E-state index contributed by atoms with van der Waals surface area (Å²) < 4.78 is 33.4. The highest BCUT2D eigenvalue weighted by atomic mass is 32.2. The van der Waals surface area contributed by atoms with Gasteiger partial charge in [-0.25, -0.2) is 13.1 Å². The van der Waals surface area contributed by atoms with Crippen molar-refractivity contribution >= 4 is 20.8 Å². The number of nitrogens with one attached hydrogen (secondary N) is 2. The van der Waals surface area contributed by atoms with Crippen LogP contribution in [0.3, 0.4) is 0 Å². The molecular formula is C15H18N2O3S. The zero-order valence-electron chi connectivity index (χ0n) is 11.7. The van der Waals surface area contributed by atoms with Crippen LogP contribution in [0.25, 0.3) is 10.8 Å². The largest absolute Gasteiger partial charge is 0.378 e. The van der Waals surface area contributed by atoms with Gasteiger partial charge in [0.05, 0.1) is 17.0 Å². The minimum atomic E-state index is -3.58. The lowest BCUT2D eigenvalue weighted by atomic mass is 10.1. The molecule has 0 bridgehead atoms. The van der Waals surface area contributed by atoms with Crippen molar-refractivity contribution in [3.8, 4) is 0 Å². The van der Waals surface area contributed by atoms with Crippen LogP contribution in [0.2, 0.25) is 0 Å². The third-order valence-electron chi connectivity index (χ3n) is 3.81. The van der Waals surface area contributed by atoms with E-state index >= 15 is 0 Å². The standard InChI is InChI=1S/C15H18N2O3S/c1-20-14-10-16-9-13(14)17-21(18,19)15-8-4-6-11-5-2-3-7-12(11)15/h2-8,13-14,16-17H,9-10H2,1H3/t13?,14-/m0/s1. The van der Waals surface area contributed by atoms with Crippen molar-refractivity contribution in [2.75, 3.05) is 20.2 Å². The molecule has 3 rings (SSSR count). The average molecular weight is 306 g/mol. The van der Waals surface area contributed by atoms with Crippen LogP contribution in [-0.4, -0.2) is 40.8 Å². The zero-order valence-corrected chi connectivity index (χ0v) is 12.6. The summed E-state index contributed by atoms with van der Waals surface area (Å²) >= 11 is 0. The molecule has 2 atom stereocenters. The second kappa shape index (κ2) is 5.73. The van der Waals surface area contributed by atoms with Crippen LogP contribution in [0.15, 0.2) is 47.4 Å². The summed E-state index contributed by atoms with van der Waals surface area (Å²) in [6.45, 7) is 1.22. The van der Waals surface area contributed by atoms with Gasteiger partial charge >= 0.3 is 0 Å². The highest BCUT2D eigenvalue weighted by Crippen LogP contribution is 2.23. The Bertz CT molecular complexity index is 740. The van der Waals surface area contributed by atoms with Crippen LogP contribution in [-0.2, 0) is 14.8 Å². The quantitative estimate of drug-likeness (QED) is 0.888. The van der Waals surface area contributed by atoms with Crippen LogP contribution >= 0.6 is 0 Å². The predicted octanol–water partition coefficient (Wildman–Crippen LogP) is 1.10. The van der Waals surface area contributed by atoms with Gasteiger partial charge in [0.1, 0.15) is 0 Å². The minimum absolute atomic E-state index is 0.144. The number of benzene rings is 2. The first-order chi connectivity index (χ1) is 10.1. The van der Waals surface area contributed by atoms with Gasteiger partial charge in [-0.1, -0.05) is 36.4 Å². The van der Waals surface area contributed by atoms with E-state index in [0.29, 0.717) is 18.0 Å². The van der Waals surface area contributed by atoms with E-state index in [1.54, 1.807) is 19.2 Å². The molecule has 1 fully saturated rings. The smallest absolute Gasteiger partial charge is 0.241 e. The highest BCUT2D eigenvalue weighted by molar-refractivity contribution is 7.89. The predicted molar refractivity (Wildman–Crippen MR) is 81.7 cm³/mol. The molecule has 1 heterocycles. The first-order valence-corrected chi connectivity index (χ1v) is 8.34. The van der Waals surface area contributed by atoms with E-state index in [9.17, 15) is 8.42 Å². The average Bonchev–Trinajstić information content (AvgIpc) is 2.93. The summed E-state index contributed by atoms with van der Waals surface area (Å²) in [5.74, 6) is 0. The van der Waals surface area contributed by atoms with Crippen molar-refractivity contribution in [1.82, 2.24) is 10.0 Å². The Morgan fingerprint density at radius 3 is 2.71 bits per heavy atom. The van der Waals surface area contributed by atoms with Gasteiger partial charge in [-0.15, -0.1) is 0 Å². The Morgan fingerprint density at radius 1 is 1.14 bits per heavy atom. The molecule has 21 heavy (non-hydrogen) atoms. The number of ether oxygens (including phenoxy) is 1. The maximum atomic E-state index is 12.7. The molecule has 2 aromatic carbocycles. The molecule has 0 aromatic heterocycles. The van der Waals surface area contributed by atoms with Crippen LogP contribution in [0.5, 0.6) is 0 Å². The van der Waals surface area contributed by atoms with Gasteiger partial charge in [0.25, 0.3) is 0 Å². The molecule has 112 valence electrons. The van der Waals surface area contributed by atoms with Gasteiger partial charge in [0.15, 0.2) is 0 Å². The SMILES string of the molecule is CO[C@H]1CNCC1NS(=O)(=O)c1cccc2ccccc12. The zero-order chi connectivity index (χ0) is 14.9. The monoisotopic (exact) mass is 306 g/mol. The molecule has 2 aromatic rings. The molecule has 0 saturated carbocycles. The molecule has 0 radical (unpaired) electrons. The molecular weight excluding hydrogens is 288 g/mol. The maximum absolute atomic E-state index is 12.7. The minimum Gasteiger partial charge on any atom is -0.378 e. The number of hydrogen-bond donors (Lipinski definition) is 2. The fourth-order valence-electron chi connectivity index (χ4n) is 2.71. The fraction of sp³-hybridized carbons (Fsp3) is 0.333. The van der Waals surface area contributed by atoms with E-state index in [-0.39, 0.29) is 12.1 Å². The number of sulfonamides is 1. The van der Waals surface area contributed by atoms with E-state index in [4.69, 9.17) is 4.74 Å². The molecule has 1 aliphatic rings. The lowest BCUT2D eigenvalue weighted by Gasteiger charge is -2.19. The number of rotatable bonds is 4. The summed E-state index contributed by atoms with van der Waals surface area (Å²) in [5, 5.41) is 4.77. The summed E-state index contributed by atoms with van der Waals surface area (Å²) in [6.07, 6.45) is -0.144. The first-order valence-electron chi connectivity index (χ1n) is 6.85. The van der Waals surface area contributed by atoms with Crippen molar-refractivity contribution in [2.45, 2.75) is 17.0 Å². The summed E-state index contributed by atoms with van der Waals surface area (Å²) in [5.41, 5.74) is 0. The molecule has 0 amide bonds. The molecule has 1 unspecified atom stereocenters. The van der Waals surface area contributed by atoms with Crippen molar-refractivity contribution in [3.05, 3.63) is 42.5 Å². The van der Waals surface area contributed by atoms with Crippen LogP contribution in [0.4, 0.5) is 0 Å². The molecule has 1 aliphatic heterocycles. The van der Waals surface area contributed by atoms with E-state index in [1.807, 2.05) is 30.3 Å². The van der Waals surface area contributed by atoms with Crippen molar-refractivity contribution < 1.29 is 13.2 Å². The van der Waals surface area contributed by atoms with Gasteiger partial charge < -0.3 is 10.1 Å². The molecule has 0 aliphatic carbocycles. The Labute approximate surface area is 124 Å². The van der Waals surface area contributed by atoms with Gasteiger partial charge in [-0.3, -0.25) is 0 Å². The van der Waals surface area contributed by atoms with Gasteiger partial charge in [-0.2, -0.15) is 0 Å². The molecule has 6 heteroatoms. The van der Waals surface area contributed by atoms with E-state index in [0.717, 1.165) is 10.8 Å². The van der Waals surface area contributed by atoms with Gasteiger partial charge in [0.2, 0.25) is 10.0 Å². The normalized spacial score (nSPS) is 22.7. The van der Waals surface area contributed by atoms with E-state index < -0.39 is 10.0 Å². The molecule has 1 saturated heterocycles. The second-order valence-electron chi connectivity index (χ2n) is 5.14. The number of hydrogen-bond acceptors (Lipinski definition) is 4.